The smallest absolute Gasteiger partial charge is 0.269 e. The number of benzene rings is 1. The summed E-state index contributed by atoms with van der Waals surface area (Å²) >= 11 is 0. The van der Waals surface area contributed by atoms with Gasteiger partial charge in [-0.25, -0.2) is 4.98 Å². The second-order valence-corrected chi connectivity index (χ2v) is 5.33. The zero-order valence-corrected chi connectivity index (χ0v) is 12.5. The molecule has 1 fully saturated rings. The molecule has 0 unspecified atom stereocenters. The molecule has 2 N–H and O–H groups in total. The van der Waals surface area contributed by atoms with Crippen LogP contribution < -0.4 is 10.6 Å². The van der Waals surface area contributed by atoms with Gasteiger partial charge in [-0.15, -0.1) is 0 Å². The van der Waals surface area contributed by atoms with Crippen LogP contribution in [-0.2, 0) is 0 Å². The number of carbonyl (C=O) groups is 1. The van der Waals surface area contributed by atoms with Crippen molar-refractivity contribution < 1.29 is 4.79 Å². The van der Waals surface area contributed by atoms with E-state index in [2.05, 4.69) is 20.5 Å². The van der Waals surface area contributed by atoms with Crippen LogP contribution in [-0.4, -0.2) is 59.6 Å². The van der Waals surface area contributed by atoms with Gasteiger partial charge in [-0.05, 0) is 12.1 Å². The fourth-order valence-corrected chi connectivity index (χ4v) is 2.61. The topological polar surface area (TPSA) is 62.2 Å². The average Bonchev–Trinajstić information content (AvgIpc) is 3.06. The molecule has 116 valence electrons. The van der Waals surface area contributed by atoms with Gasteiger partial charge in [0.05, 0.1) is 12.5 Å². The number of imidazole rings is 1. The Morgan fingerprint density at radius 1 is 1.23 bits per heavy atom. The first-order valence-electron chi connectivity index (χ1n) is 7.63. The van der Waals surface area contributed by atoms with Crippen molar-refractivity contribution in [2.75, 3.05) is 39.3 Å². The molecule has 3 rings (SSSR count). The molecule has 1 saturated heterocycles. The lowest BCUT2D eigenvalue weighted by Crippen LogP contribution is -2.46. The zero-order valence-electron chi connectivity index (χ0n) is 12.5. The van der Waals surface area contributed by atoms with Crippen molar-refractivity contribution in [1.82, 2.24) is 25.1 Å². The fourth-order valence-electron chi connectivity index (χ4n) is 2.61. The molecule has 0 saturated carbocycles. The predicted molar refractivity (Wildman–Crippen MR) is 85.2 cm³/mol. The van der Waals surface area contributed by atoms with Crippen molar-refractivity contribution >= 4 is 5.91 Å². The van der Waals surface area contributed by atoms with Crippen LogP contribution in [0.15, 0.2) is 42.9 Å². The molecule has 6 heteroatoms. The Hall–Kier alpha value is -2.18. The van der Waals surface area contributed by atoms with E-state index in [1.165, 1.54) is 0 Å². The standard InChI is InChI=1S/C16H21N5O/c22-16(19-8-11-20-9-6-17-7-10-20)15-12-18-13-21(15)14-4-2-1-3-5-14/h1-5,12-13,17H,6-11H2,(H,19,22). The van der Waals surface area contributed by atoms with Crippen molar-refractivity contribution in [3.8, 4) is 5.69 Å². The van der Waals surface area contributed by atoms with E-state index in [1.54, 1.807) is 17.1 Å². The van der Waals surface area contributed by atoms with Gasteiger partial charge in [-0.2, -0.15) is 0 Å². The summed E-state index contributed by atoms with van der Waals surface area (Å²) in [6, 6.07) is 9.76. The number of carbonyl (C=O) groups excluding carboxylic acids is 1. The van der Waals surface area contributed by atoms with E-state index in [9.17, 15) is 4.79 Å². The molecule has 6 nitrogen and oxygen atoms in total. The number of nitrogens with zero attached hydrogens (tertiary/aromatic N) is 3. The third-order valence-electron chi connectivity index (χ3n) is 3.83. The van der Waals surface area contributed by atoms with Gasteiger partial charge in [-0.3, -0.25) is 14.3 Å². The maximum atomic E-state index is 12.3. The number of para-hydroxylation sites is 1. The van der Waals surface area contributed by atoms with Crippen molar-refractivity contribution in [2.45, 2.75) is 0 Å². The third kappa shape index (κ3) is 3.52. The van der Waals surface area contributed by atoms with Crippen molar-refractivity contribution in [1.29, 1.82) is 0 Å². The van der Waals surface area contributed by atoms with Crippen LogP contribution in [0.3, 0.4) is 0 Å². The molecule has 1 aliphatic heterocycles. The SMILES string of the molecule is O=C(NCCN1CCNCC1)c1cncn1-c1ccccc1. The second-order valence-electron chi connectivity index (χ2n) is 5.33. The molecular formula is C16H21N5O. The Morgan fingerprint density at radius 3 is 2.77 bits per heavy atom. The second kappa shape index (κ2) is 7.20. The molecule has 1 amide bonds. The zero-order chi connectivity index (χ0) is 15.2. The first-order chi connectivity index (χ1) is 10.8. The molecule has 2 heterocycles. The molecule has 0 atom stereocenters. The van der Waals surface area contributed by atoms with Gasteiger partial charge in [0.1, 0.15) is 5.69 Å². The van der Waals surface area contributed by atoms with Crippen molar-refractivity contribution in [3.05, 3.63) is 48.5 Å². The molecule has 0 radical (unpaired) electrons. The minimum atomic E-state index is -0.0866. The molecule has 22 heavy (non-hydrogen) atoms. The Bertz CT molecular complexity index is 604. The van der Waals surface area contributed by atoms with E-state index in [1.807, 2.05) is 30.3 Å². The molecule has 0 spiro atoms. The van der Waals surface area contributed by atoms with E-state index in [-0.39, 0.29) is 5.91 Å². The highest BCUT2D eigenvalue weighted by Crippen LogP contribution is 2.10. The fraction of sp³-hybridized carbons (Fsp3) is 0.375. The minimum Gasteiger partial charge on any atom is -0.349 e. The Kier molecular flexibility index (Phi) is 4.82. The van der Waals surface area contributed by atoms with Gasteiger partial charge >= 0.3 is 0 Å². The number of amides is 1. The highest BCUT2D eigenvalue weighted by molar-refractivity contribution is 5.92. The van der Waals surface area contributed by atoms with Crippen LogP contribution in [0.1, 0.15) is 10.5 Å². The highest BCUT2D eigenvalue weighted by atomic mass is 16.1. The molecule has 1 aromatic carbocycles. The Morgan fingerprint density at radius 2 is 2.00 bits per heavy atom. The summed E-state index contributed by atoms with van der Waals surface area (Å²) in [4.78, 5) is 18.8. The lowest BCUT2D eigenvalue weighted by molar-refractivity contribution is 0.0940. The lowest BCUT2D eigenvalue weighted by Gasteiger charge is -2.27. The molecule has 1 aromatic heterocycles. The number of hydrogen-bond donors (Lipinski definition) is 2. The summed E-state index contributed by atoms with van der Waals surface area (Å²) < 4.78 is 1.81. The number of piperazine rings is 1. The van der Waals surface area contributed by atoms with Crippen LogP contribution >= 0.6 is 0 Å². The number of nitrogens with one attached hydrogen (secondary N) is 2. The largest absolute Gasteiger partial charge is 0.349 e. The molecular weight excluding hydrogens is 278 g/mol. The monoisotopic (exact) mass is 299 g/mol. The summed E-state index contributed by atoms with van der Waals surface area (Å²) in [7, 11) is 0. The predicted octanol–water partition coefficient (Wildman–Crippen LogP) is 0.507. The van der Waals surface area contributed by atoms with Crippen molar-refractivity contribution in [3.63, 3.8) is 0 Å². The van der Waals surface area contributed by atoms with Crippen LogP contribution in [0.25, 0.3) is 5.69 Å². The Balaban J connectivity index is 1.58. The van der Waals surface area contributed by atoms with E-state index in [0.717, 1.165) is 38.4 Å². The maximum absolute atomic E-state index is 12.3. The van der Waals surface area contributed by atoms with Crippen molar-refractivity contribution in [2.24, 2.45) is 0 Å². The van der Waals surface area contributed by atoms with E-state index < -0.39 is 0 Å². The van der Waals surface area contributed by atoms with Crippen LogP contribution in [0, 0.1) is 0 Å². The van der Waals surface area contributed by atoms with Gasteiger partial charge in [0, 0.05) is 45.0 Å². The van der Waals surface area contributed by atoms with Crippen LogP contribution in [0.5, 0.6) is 0 Å². The third-order valence-corrected chi connectivity index (χ3v) is 3.83. The number of rotatable bonds is 5. The van der Waals surface area contributed by atoms with E-state index in [0.29, 0.717) is 12.2 Å². The summed E-state index contributed by atoms with van der Waals surface area (Å²) in [5.41, 5.74) is 1.50. The van der Waals surface area contributed by atoms with E-state index >= 15 is 0 Å². The van der Waals surface area contributed by atoms with Gasteiger partial charge < -0.3 is 10.6 Å². The molecule has 0 aliphatic carbocycles. The minimum absolute atomic E-state index is 0.0866. The summed E-state index contributed by atoms with van der Waals surface area (Å²) in [6.45, 7) is 5.66. The maximum Gasteiger partial charge on any atom is 0.269 e. The summed E-state index contributed by atoms with van der Waals surface area (Å²) in [5, 5.41) is 6.30. The van der Waals surface area contributed by atoms with Crippen LogP contribution in [0.4, 0.5) is 0 Å². The summed E-state index contributed by atoms with van der Waals surface area (Å²) in [5.74, 6) is -0.0866. The van der Waals surface area contributed by atoms with E-state index in [4.69, 9.17) is 0 Å². The number of aromatic nitrogens is 2. The van der Waals surface area contributed by atoms with Gasteiger partial charge in [0.2, 0.25) is 0 Å². The normalized spacial score (nSPS) is 15.6. The number of hydrogen-bond acceptors (Lipinski definition) is 4. The van der Waals surface area contributed by atoms with Gasteiger partial charge in [0.15, 0.2) is 0 Å². The Labute approximate surface area is 130 Å². The first kappa shape index (κ1) is 14.7. The van der Waals surface area contributed by atoms with Gasteiger partial charge in [-0.1, -0.05) is 18.2 Å². The van der Waals surface area contributed by atoms with Gasteiger partial charge in [0.25, 0.3) is 5.91 Å². The highest BCUT2D eigenvalue weighted by Gasteiger charge is 2.14. The average molecular weight is 299 g/mol. The molecule has 2 aromatic rings. The lowest BCUT2D eigenvalue weighted by atomic mass is 10.3. The first-order valence-corrected chi connectivity index (χ1v) is 7.63. The molecule has 1 aliphatic rings. The quantitative estimate of drug-likeness (QED) is 0.844. The molecule has 0 bridgehead atoms. The summed E-state index contributed by atoms with van der Waals surface area (Å²) in [6.07, 6.45) is 3.27. The van der Waals surface area contributed by atoms with Crippen LogP contribution in [0.2, 0.25) is 0 Å².